The van der Waals surface area contributed by atoms with Crippen LogP contribution in [0.2, 0.25) is 0 Å². The topological polar surface area (TPSA) is 119 Å². The molecule has 40 heavy (non-hydrogen) atoms. The summed E-state index contributed by atoms with van der Waals surface area (Å²) in [4.78, 5) is 36.2. The fourth-order valence-corrected chi connectivity index (χ4v) is 9.54. The van der Waals surface area contributed by atoms with Crippen LogP contribution in [0, 0.1) is 34.5 Å². The Labute approximate surface area is 237 Å². The van der Waals surface area contributed by atoms with Gasteiger partial charge in [0.2, 0.25) is 0 Å². The summed E-state index contributed by atoms with van der Waals surface area (Å²) in [6.07, 6.45) is 7.03. The largest absolute Gasteiger partial charge is 0.462 e. The maximum Gasteiger partial charge on any atom is 0.303 e. The van der Waals surface area contributed by atoms with E-state index in [9.17, 15) is 24.6 Å². The second-order valence-corrected chi connectivity index (χ2v) is 14.4. The number of aliphatic hydroxyl groups excluding tert-OH is 1. The molecule has 3 saturated carbocycles. The van der Waals surface area contributed by atoms with E-state index in [-0.39, 0.29) is 64.9 Å². The van der Waals surface area contributed by atoms with Gasteiger partial charge in [-0.2, -0.15) is 0 Å². The van der Waals surface area contributed by atoms with Crippen LogP contribution in [0.3, 0.4) is 0 Å². The predicted molar refractivity (Wildman–Crippen MR) is 147 cm³/mol. The molecule has 1 heterocycles. The molecule has 0 amide bonds. The van der Waals surface area contributed by atoms with Crippen LogP contribution in [0.5, 0.6) is 0 Å². The van der Waals surface area contributed by atoms with Crippen molar-refractivity contribution in [1.29, 1.82) is 0 Å². The summed E-state index contributed by atoms with van der Waals surface area (Å²) >= 11 is 0. The van der Waals surface area contributed by atoms with E-state index < -0.39 is 28.9 Å². The molecule has 8 heteroatoms. The van der Waals surface area contributed by atoms with Gasteiger partial charge in [-0.15, -0.1) is 0 Å². The van der Waals surface area contributed by atoms with Gasteiger partial charge in [-0.25, -0.2) is 0 Å². The monoisotopic (exact) mass is 558 g/mol. The minimum absolute atomic E-state index is 0.0116. The zero-order valence-electron chi connectivity index (χ0n) is 25.2. The lowest BCUT2D eigenvalue weighted by molar-refractivity contribution is -0.344. The molecule has 0 aromatic heterocycles. The van der Waals surface area contributed by atoms with E-state index in [4.69, 9.17) is 14.2 Å². The molecule has 4 fully saturated rings. The number of ether oxygens (including phenoxy) is 3. The van der Waals surface area contributed by atoms with Gasteiger partial charge in [0, 0.05) is 49.4 Å². The van der Waals surface area contributed by atoms with Crippen LogP contribution in [-0.2, 0) is 28.6 Å². The lowest BCUT2D eigenvalue weighted by Crippen LogP contribution is -2.72. The van der Waals surface area contributed by atoms with Gasteiger partial charge in [-0.05, 0) is 64.0 Å². The summed E-state index contributed by atoms with van der Waals surface area (Å²) < 4.78 is 18.1. The minimum atomic E-state index is -1.34. The molecule has 11 atom stereocenters. The average molecular weight is 559 g/mol. The summed E-state index contributed by atoms with van der Waals surface area (Å²) in [5.74, 6) is -0.646. The van der Waals surface area contributed by atoms with Gasteiger partial charge in [-0.1, -0.05) is 32.4 Å². The van der Waals surface area contributed by atoms with Crippen molar-refractivity contribution in [2.45, 2.75) is 123 Å². The number of hydrogen-bond acceptors (Lipinski definition) is 8. The van der Waals surface area contributed by atoms with Gasteiger partial charge >= 0.3 is 11.9 Å². The number of ketones is 1. The molecule has 0 aromatic carbocycles. The third kappa shape index (κ3) is 3.99. The van der Waals surface area contributed by atoms with E-state index in [0.29, 0.717) is 12.8 Å². The Morgan fingerprint density at radius 1 is 1.15 bits per heavy atom. The van der Waals surface area contributed by atoms with Crippen molar-refractivity contribution in [3.05, 3.63) is 23.8 Å². The molecular formula is C32H46O8. The summed E-state index contributed by atoms with van der Waals surface area (Å²) in [5.41, 5.74) is -2.89. The van der Waals surface area contributed by atoms with E-state index in [0.717, 1.165) is 18.4 Å². The van der Waals surface area contributed by atoms with Crippen LogP contribution in [0.15, 0.2) is 23.8 Å². The molecule has 0 bridgehead atoms. The molecule has 0 radical (unpaired) electrons. The summed E-state index contributed by atoms with van der Waals surface area (Å²) in [5, 5.41) is 23.1. The number of carbonyl (C=O) groups excluding carboxylic acids is 3. The molecule has 0 aromatic rings. The van der Waals surface area contributed by atoms with Crippen LogP contribution < -0.4 is 0 Å². The van der Waals surface area contributed by atoms with Crippen molar-refractivity contribution in [2.75, 3.05) is 0 Å². The zero-order chi connectivity index (χ0) is 29.6. The third-order valence-corrected chi connectivity index (χ3v) is 12.0. The van der Waals surface area contributed by atoms with E-state index in [1.54, 1.807) is 32.9 Å². The highest BCUT2D eigenvalue weighted by molar-refractivity contribution is 6.01. The van der Waals surface area contributed by atoms with Crippen LogP contribution in [0.4, 0.5) is 0 Å². The normalized spacial score (nSPS) is 45.4. The minimum Gasteiger partial charge on any atom is -0.462 e. The van der Waals surface area contributed by atoms with Gasteiger partial charge < -0.3 is 24.4 Å². The number of rotatable bonds is 5. The second-order valence-electron chi connectivity index (χ2n) is 14.4. The number of fused-ring (bicyclic) bond motifs is 6. The first kappa shape index (κ1) is 29.5. The Hall–Kier alpha value is -2.03. The lowest BCUT2D eigenvalue weighted by Gasteiger charge is -2.66. The molecule has 8 nitrogen and oxygen atoms in total. The summed E-state index contributed by atoms with van der Waals surface area (Å²) in [7, 11) is 0. The fraction of sp³-hybridized carbons (Fsp3) is 0.781. The van der Waals surface area contributed by atoms with E-state index in [1.807, 2.05) is 6.08 Å². The van der Waals surface area contributed by atoms with Crippen molar-refractivity contribution in [2.24, 2.45) is 34.5 Å². The molecule has 2 N–H and O–H groups in total. The van der Waals surface area contributed by atoms with E-state index in [1.165, 1.54) is 13.8 Å². The van der Waals surface area contributed by atoms with Crippen LogP contribution in [-0.4, -0.2) is 63.0 Å². The first-order chi connectivity index (χ1) is 18.4. The summed E-state index contributed by atoms with van der Waals surface area (Å²) in [6, 6.07) is 0. The molecule has 4 aliphatic carbocycles. The fourth-order valence-electron chi connectivity index (χ4n) is 9.54. The average Bonchev–Trinajstić information content (AvgIpc) is 3.06. The van der Waals surface area contributed by atoms with E-state index in [2.05, 4.69) is 20.8 Å². The van der Waals surface area contributed by atoms with Crippen molar-refractivity contribution in [3.8, 4) is 0 Å². The molecule has 5 rings (SSSR count). The van der Waals surface area contributed by atoms with Gasteiger partial charge in [0.25, 0.3) is 0 Å². The first-order valence-corrected chi connectivity index (χ1v) is 14.8. The Morgan fingerprint density at radius 2 is 1.82 bits per heavy atom. The number of hydrogen-bond donors (Lipinski definition) is 2. The van der Waals surface area contributed by atoms with Crippen molar-refractivity contribution < 1.29 is 38.8 Å². The van der Waals surface area contributed by atoms with Crippen molar-refractivity contribution >= 4 is 17.7 Å². The third-order valence-electron chi connectivity index (χ3n) is 12.0. The highest BCUT2D eigenvalue weighted by atomic mass is 16.6. The summed E-state index contributed by atoms with van der Waals surface area (Å²) in [6.45, 7) is 14.3. The molecule has 1 saturated heterocycles. The maximum absolute atomic E-state index is 12.3. The Balaban J connectivity index is 1.44. The molecule has 222 valence electrons. The molecule has 1 aliphatic heterocycles. The van der Waals surface area contributed by atoms with Crippen LogP contribution in [0.25, 0.3) is 0 Å². The van der Waals surface area contributed by atoms with E-state index >= 15 is 0 Å². The number of allylic oxidation sites excluding steroid dienone is 3. The Kier molecular flexibility index (Phi) is 6.80. The molecular weight excluding hydrogens is 512 g/mol. The molecule has 5 aliphatic rings. The molecule has 0 unspecified atom stereocenters. The quantitative estimate of drug-likeness (QED) is 0.485. The number of carbonyl (C=O) groups is 3. The first-order valence-electron chi connectivity index (χ1n) is 14.8. The van der Waals surface area contributed by atoms with Crippen LogP contribution in [0.1, 0.15) is 87.5 Å². The SMILES string of the molecule is CC(=O)O[C@@H]1CC2=CC(=O)C=C[C@]2(C)[C@H]2CC[C@@]3(C)[C@@H](C[C@H](O)[C@@]34O[C@@H](C[C@@](C)(O)C(C)(C)OC(C)=O)[C@H]4C)[C@H]12. The standard InChI is InChI=1S/C32H46O8/c1-17-25(16-31(8,37)28(4,5)39-19(3)34)40-32(17)26(36)15-23-27-22(10-12-30(23,32)7)29(6)11-9-21(35)13-20(29)14-24(27)38-18(2)33/h9,11,13,17,22-27,36-37H,10,12,14-16H2,1-8H3/t17-,22+,23+,24-,25+,26+,27-,29+,30+,31-,32-/m1/s1. The van der Waals surface area contributed by atoms with Gasteiger partial charge in [0.05, 0.1) is 12.2 Å². The predicted octanol–water partition coefficient (Wildman–Crippen LogP) is 4.06. The second kappa shape index (κ2) is 9.23. The maximum atomic E-state index is 12.3. The number of esters is 2. The Morgan fingerprint density at radius 3 is 2.42 bits per heavy atom. The lowest BCUT2D eigenvalue weighted by atomic mass is 9.45. The smallest absolute Gasteiger partial charge is 0.303 e. The zero-order valence-corrected chi connectivity index (χ0v) is 25.2. The Bertz CT molecular complexity index is 1170. The van der Waals surface area contributed by atoms with Crippen LogP contribution >= 0.6 is 0 Å². The highest BCUT2D eigenvalue weighted by Gasteiger charge is 2.76. The van der Waals surface area contributed by atoms with Gasteiger partial charge in [0.1, 0.15) is 22.9 Å². The molecule has 1 spiro atoms. The number of aliphatic hydroxyl groups is 2. The van der Waals surface area contributed by atoms with Crippen molar-refractivity contribution in [3.63, 3.8) is 0 Å². The highest BCUT2D eigenvalue weighted by Crippen LogP contribution is 2.72. The van der Waals surface area contributed by atoms with Crippen molar-refractivity contribution in [1.82, 2.24) is 0 Å². The van der Waals surface area contributed by atoms with Gasteiger partial charge in [-0.3, -0.25) is 14.4 Å². The van der Waals surface area contributed by atoms with Gasteiger partial charge in [0.15, 0.2) is 5.78 Å².